The molecule has 84 valence electrons. The third-order valence-corrected chi connectivity index (χ3v) is 5.44. The van der Waals surface area contributed by atoms with Gasteiger partial charge in [0.2, 0.25) is 0 Å². The molecule has 1 aliphatic rings. The summed E-state index contributed by atoms with van der Waals surface area (Å²) in [4.78, 5) is 4.52. The Morgan fingerprint density at radius 3 is 2.87 bits per heavy atom. The molecule has 4 heteroatoms. The van der Waals surface area contributed by atoms with E-state index in [1.54, 1.807) is 11.3 Å². The van der Waals surface area contributed by atoms with Gasteiger partial charge in [-0.1, -0.05) is 13.3 Å². The molecule has 0 saturated heterocycles. The monoisotopic (exact) mass is 242 g/mol. The number of anilines is 1. The smallest absolute Gasteiger partial charge is 0.182 e. The predicted octanol–water partition coefficient (Wildman–Crippen LogP) is 3.40. The summed E-state index contributed by atoms with van der Waals surface area (Å²) in [6.45, 7) is 3.22. The van der Waals surface area contributed by atoms with Crippen molar-refractivity contribution >= 4 is 28.2 Å². The van der Waals surface area contributed by atoms with Crippen LogP contribution in [0, 0.1) is 0 Å². The Labute approximate surface area is 99.9 Å². The highest BCUT2D eigenvalue weighted by atomic mass is 32.2. The largest absolute Gasteiger partial charge is 0.360 e. The fourth-order valence-corrected chi connectivity index (χ4v) is 3.52. The molecule has 15 heavy (non-hydrogen) atoms. The number of rotatable bonds is 5. The van der Waals surface area contributed by atoms with Gasteiger partial charge in [-0.25, -0.2) is 4.98 Å². The molecule has 0 amide bonds. The number of nitrogens with zero attached hydrogens (tertiary/aromatic N) is 1. The summed E-state index contributed by atoms with van der Waals surface area (Å²) >= 11 is 3.73. The van der Waals surface area contributed by atoms with E-state index in [2.05, 4.69) is 28.9 Å². The first-order valence-electron chi connectivity index (χ1n) is 5.51. The van der Waals surface area contributed by atoms with E-state index in [0.29, 0.717) is 4.75 Å². The number of thioether (sulfide) groups is 1. The number of thiazole rings is 1. The molecule has 2 nitrogen and oxygen atoms in total. The molecule has 1 heterocycles. The SMILES string of the molecule is CCc1csc(NCC2(SC)CCC2)n1. The van der Waals surface area contributed by atoms with Crippen LogP contribution in [0.2, 0.25) is 0 Å². The molecule has 1 N–H and O–H groups in total. The van der Waals surface area contributed by atoms with Gasteiger partial charge in [0.25, 0.3) is 0 Å². The molecule has 1 aromatic heterocycles. The van der Waals surface area contributed by atoms with Gasteiger partial charge in [-0.3, -0.25) is 0 Å². The van der Waals surface area contributed by atoms with Crippen molar-refractivity contribution in [2.75, 3.05) is 18.1 Å². The normalized spacial score (nSPS) is 18.5. The van der Waals surface area contributed by atoms with Crippen LogP contribution in [0.25, 0.3) is 0 Å². The van der Waals surface area contributed by atoms with Crippen molar-refractivity contribution in [1.29, 1.82) is 0 Å². The minimum Gasteiger partial charge on any atom is -0.360 e. The van der Waals surface area contributed by atoms with E-state index in [1.165, 1.54) is 25.0 Å². The van der Waals surface area contributed by atoms with E-state index in [-0.39, 0.29) is 0 Å². The van der Waals surface area contributed by atoms with E-state index in [9.17, 15) is 0 Å². The molecular weight excluding hydrogens is 224 g/mol. The maximum Gasteiger partial charge on any atom is 0.182 e. The summed E-state index contributed by atoms with van der Waals surface area (Å²) < 4.78 is 0.498. The molecule has 0 bridgehead atoms. The molecule has 0 aliphatic heterocycles. The minimum absolute atomic E-state index is 0.498. The fraction of sp³-hybridized carbons (Fsp3) is 0.727. The average molecular weight is 242 g/mol. The van der Waals surface area contributed by atoms with Crippen LogP contribution >= 0.6 is 23.1 Å². The Kier molecular flexibility index (Phi) is 3.57. The summed E-state index contributed by atoms with van der Waals surface area (Å²) in [5.74, 6) is 0. The molecule has 0 radical (unpaired) electrons. The number of hydrogen-bond acceptors (Lipinski definition) is 4. The van der Waals surface area contributed by atoms with Crippen LogP contribution in [-0.2, 0) is 6.42 Å². The molecule has 0 unspecified atom stereocenters. The number of hydrogen-bond donors (Lipinski definition) is 1. The highest BCUT2D eigenvalue weighted by Gasteiger charge is 2.35. The fourth-order valence-electron chi connectivity index (χ4n) is 1.81. The first-order chi connectivity index (χ1) is 7.28. The lowest BCUT2D eigenvalue weighted by Crippen LogP contribution is -2.40. The Morgan fingerprint density at radius 2 is 2.40 bits per heavy atom. The van der Waals surface area contributed by atoms with Crippen LogP contribution < -0.4 is 5.32 Å². The van der Waals surface area contributed by atoms with Crippen molar-refractivity contribution in [2.24, 2.45) is 0 Å². The Morgan fingerprint density at radius 1 is 1.60 bits per heavy atom. The van der Waals surface area contributed by atoms with Gasteiger partial charge >= 0.3 is 0 Å². The topological polar surface area (TPSA) is 24.9 Å². The molecule has 2 rings (SSSR count). The van der Waals surface area contributed by atoms with Crippen LogP contribution in [0.5, 0.6) is 0 Å². The van der Waals surface area contributed by atoms with Crippen molar-refractivity contribution in [3.8, 4) is 0 Å². The summed E-state index contributed by atoms with van der Waals surface area (Å²) in [5, 5.41) is 6.72. The van der Waals surface area contributed by atoms with Gasteiger partial charge in [-0.05, 0) is 25.5 Å². The minimum atomic E-state index is 0.498. The van der Waals surface area contributed by atoms with Gasteiger partial charge in [-0.2, -0.15) is 11.8 Å². The van der Waals surface area contributed by atoms with Gasteiger partial charge in [0, 0.05) is 16.7 Å². The number of aryl methyl sites for hydroxylation is 1. The molecule has 1 aromatic rings. The highest BCUT2D eigenvalue weighted by Crippen LogP contribution is 2.42. The second-order valence-electron chi connectivity index (χ2n) is 4.09. The summed E-state index contributed by atoms with van der Waals surface area (Å²) in [5.41, 5.74) is 1.20. The van der Waals surface area contributed by atoms with Gasteiger partial charge < -0.3 is 5.32 Å². The standard InChI is InChI=1S/C11H18N2S2/c1-3-9-7-15-10(13-9)12-8-11(14-2)5-4-6-11/h7H,3-6,8H2,1-2H3,(H,12,13). The zero-order chi connectivity index (χ0) is 10.7. The van der Waals surface area contributed by atoms with Crippen LogP contribution in [0.4, 0.5) is 5.13 Å². The predicted molar refractivity (Wildman–Crippen MR) is 70.1 cm³/mol. The zero-order valence-electron chi connectivity index (χ0n) is 9.38. The van der Waals surface area contributed by atoms with Gasteiger partial charge in [0.1, 0.15) is 0 Å². The zero-order valence-corrected chi connectivity index (χ0v) is 11.0. The van der Waals surface area contributed by atoms with Crippen molar-refractivity contribution in [3.63, 3.8) is 0 Å². The molecular formula is C11H18N2S2. The van der Waals surface area contributed by atoms with Crippen molar-refractivity contribution < 1.29 is 0 Å². The van der Waals surface area contributed by atoms with E-state index in [4.69, 9.17) is 0 Å². The number of aromatic nitrogens is 1. The third kappa shape index (κ3) is 2.48. The quantitative estimate of drug-likeness (QED) is 0.856. The first-order valence-corrected chi connectivity index (χ1v) is 7.62. The Bertz CT molecular complexity index is 313. The Balaban J connectivity index is 1.86. The molecule has 1 saturated carbocycles. The van der Waals surface area contributed by atoms with Crippen LogP contribution in [0.1, 0.15) is 31.9 Å². The molecule has 1 fully saturated rings. The van der Waals surface area contributed by atoms with Gasteiger partial charge in [-0.15, -0.1) is 11.3 Å². The Hall–Kier alpha value is -0.220. The van der Waals surface area contributed by atoms with E-state index in [1.807, 2.05) is 11.8 Å². The highest BCUT2D eigenvalue weighted by molar-refractivity contribution is 8.00. The third-order valence-electron chi connectivity index (χ3n) is 3.17. The second kappa shape index (κ2) is 4.74. The summed E-state index contributed by atoms with van der Waals surface area (Å²) in [7, 11) is 0. The van der Waals surface area contributed by atoms with Gasteiger partial charge in [0.05, 0.1) is 5.69 Å². The first kappa shape index (κ1) is 11.3. The van der Waals surface area contributed by atoms with Crippen LogP contribution in [-0.4, -0.2) is 22.5 Å². The van der Waals surface area contributed by atoms with Crippen molar-refractivity contribution in [2.45, 2.75) is 37.4 Å². The molecule has 1 aliphatic carbocycles. The lowest BCUT2D eigenvalue weighted by atomic mass is 9.84. The van der Waals surface area contributed by atoms with Gasteiger partial charge in [0.15, 0.2) is 5.13 Å². The summed E-state index contributed by atoms with van der Waals surface area (Å²) in [6, 6.07) is 0. The second-order valence-corrected chi connectivity index (χ2v) is 6.22. The van der Waals surface area contributed by atoms with Crippen LogP contribution in [0.3, 0.4) is 0 Å². The van der Waals surface area contributed by atoms with E-state index < -0.39 is 0 Å². The molecule has 0 aromatic carbocycles. The van der Waals surface area contributed by atoms with Crippen molar-refractivity contribution in [1.82, 2.24) is 4.98 Å². The maximum atomic E-state index is 4.52. The lowest BCUT2D eigenvalue weighted by Gasteiger charge is -2.40. The molecule has 0 atom stereocenters. The van der Waals surface area contributed by atoms with E-state index in [0.717, 1.165) is 18.1 Å². The van der Waals surface area contributed by atoms with Crippen molar-refractivity contribution in [3.05, 3.63) is 11.1 Å². The lowest BCUT2D eigenvalue weighted by molar-refractivity contribution is 0.380. The molecule has 0 spiro atoms. The summed E-state index contributed by atoms with van der Waals surface area (Å²) in [6.07, 6.45) is 7.35. The van der Waals surface area contributed by atoms with E-state index >= 15 is 0 Å². The number of nitrogens with one attached hydrogen (secondary N) is 1. The maximum absolute atomic E-state index is 4.52. The van der Waals surface area contributed by atoms with Crippen LogP contribution in [0.15, 0.2) is 5.38 Å². The average Bonchev–Trinajstić information content (AvgIpc) is 2.65.